The summed E-state index contributed by atoms with van der Waals surface area (Å²) in [5.41, 5.74) is 0. The third-order valence-corrected chi connectivity index (χ3v) is 1.86. The average molecular weight is 145 g/mol. The molecule has 0 saturated carbocycles. The van der Waals surface area contributed by atoms with E-state index in [1.165, 1.54) is 0 Å². The molecule has 1 aliphatic heterocycles. The summed E-state index contributed by atoms with van der Waals surface area (Å²) in [6.07, 6.45) is 0.867. The van der Waals surface area contributed by atoms with Crippen molar-refractivity contribution in [2.24, 2.45) is 0 Å². The van der Waals surface area contributed by atoms with Crippen LogP contribution in [0.3, 0.4) is 0 Å². The zero-order valence-electron chi connectivity index (χ0n) is 7.46. The molecule has 0 aliphatic carbocycles. The number of likely N-dealkylation sites (tertiary alicyclic amines) is 1. The summed E-state index contributed by atoms with van der Waals surface area (Å²) in [5.74, 6) is 0. The van der Waals surface area contributed by atoms with Gasteiger partial charge in [0.25, 0.3) is 0 Å². The predicted octanol–water partition coefficient (Wildman–Crippen LogP) is 1.10. The van der Waals surface area contributed by atoms with Gasteiger partial charge in [0.15, 0.2) is 0 Å². The number of aliphatic hydroxyl groups is 1. The van der Waals surface area contributed by atoms with E-state index >= 15 is 0 Å². The molecule has 0 aromatic rings. The lowest BCUT2D eigenvalue weighted by molar-refractivity contribution is 0.182. The van der Waals surface area contributed by atoms with Crippen molar-refractivity contribution in [2.45, 2.75) is 39.3 Å². The second-order valence-electron chi connectivity index (χ2n) is 2.68. The number of likely N-dealkylation sites (N-methyl/N-ethyl adjacent to an activating group) is 1. The van der Waals surface area contributed by atoms with Crippen molar-refractivity contribution >= 4 is 0 Å². The Labute approximate surface area is 63.8 Å². The molecule has 2 unspecified atom stereocenters. The number of nitrogens with zero attached hydrogens (tertiary/aromatic N) is 1. The molecule has 0 aromatic heterocycles. The molecule has 1 N–H and O–H groups in total. The van der Waals surface area contributed by atoms with Gasteiger partial charge < -0.3 is 10.0 Å². The Kier molecular flexibility index (Phi) is 4.65. The Morgan fingerprint density at radius 3 is 2.00 bits per heavy atom. The summed E-state index contributed by atoms with van der Waals surface area (Å²) in [6, 6.07) is 0.574. The smallest absolute Gasteiger partial charge is 0.0681 e. The van der Waals surface area contributed by atoms with Crippen LogP contribution in [0.5, 0.6) is 0 Å². The summed E-state index contributed by atoms with van der Waals surface area (Å²) in [5, 5.41) is 9.03. The fourth-order valence-corrected chi connectivity index (χ4v) is 1.16. The zero-order valence-corrected chi connectivity index (χ0v) is 7.46. The maximum absolute atomic E-state index is 9.03. The monoisotopic (exact) mass is 145 g/mol. The topological polar surface area (TPSA) is 23.5 Å². The van der Waals surface area contributed by atoms with E-state index in [1.807, 2.05) is 20.9 Å². The highest BCUT2D eigenvalue weighted by molar-refractivity contribution is 4.78. The second-order valence-corrected chi connectivity index (χ2v) is 2.68. The van der Waals surface area contributed by atoms with Crippen LogP contribution in [0.1, 0.15) is 27.2 Å². The Morgan fingerprint density at radius 2 is 1.90 bits per heavy atom. The molecule has 2 heteroatoms. The average Bonchev–Trinajstić information content (AvgIpc) is 2.16. The standard InChI is InChI=1S/C6H13NO.C2H6/c1-5-3-6(8)4-7(5)2;1-2/h5-6,8H,3-4H2,1-2H3;1-2H3. The van der Waals surface area contributed by atoms with Crippen LogP contribution < -0.4 is 0 Å². The molecule has 0 amide bonds. The molecule has 1 rings (SSSR count). The van der Waals surface area contributed by atoms with E-state index < -0.39 is 0 Å². The molecule has 62 valence electrons. The summed E-state index contributed by atoms with van der Waals surface area (Å²) in [4.78, 5) is 2.17. The number of β-amino-alcohol motifs (C(OH)–C–C–N with tert-alkyl or cyclic N) is 1. The molecule has 1 aliphatic rings. The number of aliphatic hydroxyl groups excluding tert-OH is 1. The lowest BCUT2D eigenvalue weighted by atomic mass is 10.2. The fraction of sp³-hybridized carbons (Fsp3) is 1.00. The molecule has 2 atom stereocenters. The Balaban J connectivity index is 0.000000371. The summed E-state index contributed by atoms with van der Waals surface area (Å²) >= 11 is 0. The minimum atomic E-state index is -0.0741. The van der Waals surface area contributed by atoms with Gasteiger partial charge in [0.2, 0.25) is 0 Å². The van der Waals surface area contributed by atoms with E-state index in [9.17, 15) is 0 Å². The molecular formula is C8H19NO. The van der Waals surface area contributed by atoms with Gasteiger partial charge in [0.05, 0.1) is 6.10 Å². The van der Waals surface area contributed by atoms with Crippen LogP contribution in [0.4, 0.5) is 0 Å². The van der Waals surface area contributed by atoms with Crippen LogP contribution in [0, 0.1) is 0 Å². The molecule has 0 bridgehead atoms. The highest BCUT2D eigenvalue weighted by Gasteiger charge is 2.23. The predicted molar refractivity (Wildman–Crippen MR) is 44.1 cm³/mol. The van der Waals surface area contributed by atoms with Crippen LogP contribution in [-0.4, -0.2) is 35.7 Å². The van der Waals surface area contributed by atoms with Crippen molar-refractivity contribution in [3.05, 3.63) is 0 Å². The van der Waals surface area contributed by atoms with Gasteiger partial charge >= 0.3 is 0 Å². The van der Waals surface area contributed by atoms with Gasteiger partial charge in [0.1, 0.15) is 0 Å². The Hall–Kier alpha value is -0.0800. The maximum Gasteiger partial charge on any atom is 0.0681 e. The molecular weight excluding hydrogens is 126 g/mol. The Morgan fingerprint density at radius 1 is 1.40 bits per heavy atom. The van der Waals surface area contributed by atoms with Gasteiger partial charge in [0, 0.05) is 12.6 Å². The maximum atomic E-state index is 9.03. The minimum absolute atomic E-state index is 0.0741. The molecule has 0 spiro atoms. The van der Waals surface area contributed by atoms with E-state index in [4.69, 9.17) is 5.11 Å². The molecule has 2 nitrogen and oxygen atoms in total. The largest absolute Gasteiger partial charge is 0.392 e. The van der Waals surface area contributed by atoms with Gasteiger partial charge in [-0.2, -0.15) is 0 Å². The molecule has 1 fully saturated rings. The van der Waals surface area contributed by atoms with Gasteiger partial charge in [-0.05, 0) is 20.4 Å². The molecule has 1 heterocycles. The van der Waals surface area contributed by atoms with Crippen LogP contribution in [-0.2, 0) is 0 Å². The first-order valence-corrected chi connectivity index (χ1v) is 4.08. The van der Waals surface area contributed by atoms with Crippen LogP contribution in [0.2, 0.25) is 0 Å². The Bertz CT molecular complexity index is 75.3. The van der Waals surface area contributed by atoms with Gasteiger partial charge in [-0.3, -0.25) is 0 Å². The number of rotatable bonds is 0. The van der Waals surface area contributed by atoms with Gasteiger partial charge in [-0.1, -0.05) is 13.8 Å². The van der Waals surface area contributed by atoms with Crippen molar-refractivity contribution in [3.8, 4) is 0 Å². The third kappa shape index (κ3) is 2.67. The SMILES string of the molecule is CC.CC1CC(O)CN1C. The molecule has 0 radical (unpaired) electrons. The van der Waals surface area contributed by atoms with Crippen molar-refractivity contribution in [1.29, 1.82) is 0 Å². The lowest BCUT2D eigenvalue weighted by Crippen LogP contribution is -2.21. The fourth-order valence-electron chi connectivity index (χ4n) is 1.16. The summed E-state index contributed by atoms with van der Waals surface area (Å²) < 4.78 is 0. The summed E-state index contributed by atoms with van der Waals surface area (Å²) in [7, 11) is 2.04. The van der Waals surface area contributed by atoms with E-state index in [0.29, 0.717) is 6.04 Å². The van der Waals surface area contributed by atoms with Crippen LogP contribution >= 0.6 is 0 Å². The van der Waals surface area contributed by atoms with Crippen molar-refractivity contribution < 1.29 is 5.11 Å². The highest BCUT2D eigenvalue weighted by atomic mass is 16.3. The van der Waals surface area contributed by atoms with E-state index in [0.717, 1.165) is 13.0 Å². The van der Waals surface area contributed by atoms with Crippen molar-refractivity contribution in [1.82, 2.24) is 4.90 Å². The molecule has 1 saturated heterocycles. The quantitative estimate of drug-likeness (QED) is 0.551. The minimum Gasteiger partial charge on any atom is -0.392 e. The first-order chi connectivity index (χ1) is 4.70. The van der Waals surface area contributed by atoms with Crippen LogP contribution in [0.15, 0.2) is 0 Å². The number of hydrogen-bond acceptors (Lipinski definition) is 2. The zero-order chi connectivity index (χ0) is 8.15. The molecule has 0 aromatic carbocycles. The second kappa shape index (κ2) is 4.69. The lowest BCUT2D eigenvalue weighted by Gasteiger charge is -2.11. The summed E-state index contributed by atoms with van der Waals surface area (Å²) in [6.45, 7) is 6.98. The van der Waals surface area contributed by atoms with Gasteiger partial charge in [-0.15, -0.1) is 0 Å². The highest BCUT2D eigenvalue weighted by Crippen LogP contribution is 2.13. The normalized spacial score (nSPS) is 33.3. The van der Waals surface area contributed by atoms with E-state index in [2.05, 4.69) is 11.8 Å². The number of hydrogen-bond donors (Lipinski definition) is 1. The van der Waals surface area contributed by atoms with E-state index in [1.54, 1.807) is 0 Å². The first-order valence-electron chi connectivity index (χ1n) is 4.08. The van der Waals surface area contributed by atoms with Crippen molar-refractivity contribution in [3.63, 3.8) is 0 Å². The third-order valence-electron chi connectivity index (χ3n) is 1.86. The first kappa shape index (κ1) is 9.92. The molecule has 10 heavy (non-hydrogen) atoms. The van der Waals surface area contributed by atoms with Crippen molar-refractivity contribution in [2.75, 3.05) is 13.6 Å². The van der Waals surface area contributed by atoms with Crippen LogP contribution in [0.25, 0.3) is 0 Å². The van der Waals surface area contributed by atoms with Gasteiger partial charge in [-0.25, -0.2) is 0 Å². The van der Waals surface area contributed by atoms with E-state index in [-0.39, 0.29) is 6.10 Å².